The molecule has 0 aliphatic rings. The van der Waals surface area contributed by atoms with Crippen LogP contribution in [0.5, 0.6) is 0 Å². The monoisotopic (exact) mass is 958 g/mol. The second-order valence-corrected chi connectivity index (χ2v) is 17.7. The molecular weight excluding hydrogens is 909 g/mol. The standard InChI is InChI=1S/C29H27N5O3.C27H23N5O3/c1-4-37-26(35)15-25(20-10-6-5-7-11-20)34-28-24(14-13-22(16-30)31-28)33(29(34)36)18-21-17-32(3)23-12-8-9-19(2)27(21)23;1-17-7-6-10-21-25(17)19(15-30(21)2)16-31-22-12-11-20(14-28)29-26(22)32(27(31)35)23(13-24(33)34)18-8-4-3-5-9-18/h5-14,17,25H,4,15,18H2,1-3H3;3-12,15,23H,13,16H2,1-2H3,(H,33,34)/t25-;23-/m11/s1. The van der Waals surface area contributed by atoms with Gasteiger partial charge in [0.1, 0.15) is 23.5 Å². The van der Waals surface area contributed by atoms with Gasteiger partial charge in [-0.1, -0.05) is 84.9 Å². The Labute approximate surface area is 413 Å². The van der Waals surface area contributed by atoms with Gasteiger partial charge >= 0.3 is 23.3 Å². The van der Waals surface area contributed by atoms with Crippen molar-refractivity contribution in [2.45, 2.75) is 58.8 Å². The number of carbonyl (C=O) groups excluding carboxylic acids is 1. The lowest BCUT2D eigenvalue weighted by atomic mass is 10.0. The van der Waals surface area contributed by atoms with Crippen molar-refractivity contribution in [3.8, 4) is 12.1 Å². The fourth-order valence-electron chi connectivity index (χ4n) is 9.95. The number of benzene rings is 4. The van der Waals surface area contributed by atoms with Crippen LogP contribution in [0.1, 0.15) is 76.6 Å². The molecule has 0 fully saturated rings. The Kier molecular flexibility index (Phi) is 13.3. The molecule has 0 aliphatic carbocycles. The molecule has 360 valence electrons. The number of aryl methyl sites for hydroxylation is 4. The molecule has 72 heavy (non-hydrogen) atoms. The highest BCUT2D eigenvalue weighted by Gasteiger charge is 2.29. The summed E-state index contributed by atoms with van der Waals surface area (Å²) < 4.78 is 15.6. The van der Waals surface area contributed by atoms with Gasteiger partial charge in [-0.25, -0.2) is 19.6 Å². The van der Waals surface area contributed by atoms with E-state index in [1.807, 2.05) is 105 Å². The van der Waals surface area contributed by atoms with E-state index in [0.29, 0.717) is 34.4 Å². The zero-order chi connectivity index (χ0) is 50.8. The van der Waals surface area contributed by atoms with Crippen LogP contribution >= 0.6 is 0 Å². The molecule has 10 rings (SSSR count). The smallest absolute Gasteiger partial charge is 0.331 e. The van der Waals surface area contributed by atoms with Crippen LogP contribution in [-0.2, 0) is 41.5 Å². The first-order valence-electron chi connectivity index (χ1n) is 23.4. The van der Waals surface area contributed by atoms with Gasteiger partial charge in [0, 0.05) is 48.3 Å². The van der Waals surface area contributed by atoms with Crippen molar-refractivity contribution in [2.75, 3.05) is 6.61 Å². The van der Waals surface area contributed by atoms with Gasteiger partial charge in [0.25, 0.3) is 0 Å². The summed E-state index contributed by atoms with van der Waals surface area (Å²) >= 11 is 0. The average Bonchev–Trinajstić information content (AvgIpc) is 4.06. The Morgan fingerprint density at radius 1 is 0.597 bits per heavy atom. The Morgan fingerprint density at radius 2 is 1.03 bits per heavy atom. The predicted molar refractivity (Wildman–Crippen MR) is 274 cm³/mol. The molecule has 0 spiro atoms. The SMILES string of the molecule is CCOC(=O)C[C@H](c1ccccc1)n1c(=O)n(Cc2cn(C)c3cccc(C)c23)c2ccc(C#N)nc21.Cc1cccc2c1c(Cn1c(=O)n([C@H](CC(=O)O)c3ccccc3)c3nc(C#N)ccc31)cn2C. The van der Waals surface area contributed by atoms with Crippen LogP contribution in [0.25, 0.3) is 44.1 Å². The maximum absolute atomic E-state index is 14.1. The summed E-state index contributed by atoms with van der Waals surface area (Å²) in [5.74, 6) is -1.45. The second kappa shape index (κ2) is 20.0. The number of ether oxygens (including phenoxy) is 1. The van der Waals surface area contributed by atoms with Crippen LogP contribution in [0, 0.1) is 36.5 Å². The molecule has 10 aromatic rings. The van der Waals surface area contributed by atoms with Gasteiger partial charge in [-0.2, -0.15) is 10.5 Å². The van der Waals surface area contributed by atoms with Crippen molar-refractivity contribution in [2.24, 2.45) is 14.1 Å². The molecule has 2 atom stereocenters. The highest BCUT2D eigenvalue weighted by molar-refractivity contribution is 5.88. The lowest BCUT2D eigenvalue weighted by Gasteiger charge is -2.18. The number of fused-ring (bicyclic) bond motifs is 4. The van der Waals surface area contributed by atoms with E-state index >= 15 is 0 Å². The zero-order valence-electron chi connectivity index (χ0n) is 40.4. The van der Waals surface area contributed by atoms with Gasteiger partial charge in [0.05, 0.1) is 55.7 Å². The number of carboxylic acid groups (broad SMARTS) is 1. The van der Waals surface area contributed by atoms with Crippen LogP contribution in [0.15, 0.2) is 143 Å². The number of nitriles is 2. The van der Waals surface area contributed by atoms with Gasteiger partial charge in [-0.3, -0.25) is 27.9 Å². The Bertz CT molecular complexity index is 3920. The molecule has 0 radical (unpaired) electrons. The van der Waals surface area contributed by atoms with Gasteiger partial charge in [0.15, 0.2) is 11.3 Å². The predicted octanol–water partition coefficient (Wildman–Crippen LogP) is 8.44. The minimum atomic E-state index is -1.03. The number of imidazole rings is 2. The first-order valence-corrected chi connectivity index (χ1v) is 23.4. The summed E-state index contributed by atoms with van der Waals surface area (Å²) in [5.41, 5.74) is 9.29. The first-order chi connectivity index (χ1) is 34.8. The summed E-state index contributed by atoms with van der Waals surface area (Å²) in [5, 5.41) is 30.8. The topological polar surface area (TPSA) is 201 Å². The van der Waals surface area contributed by atoms with Crippen molar-refractivity contribution >= 4 is 56.1 Å². The summed E-state index contributed by atoms with van der Waals surface area (Å²) in [7, 11) is 3.96. The Hall–Kier alpha value is -9.28. The van der Waals surface area contributed by atoms with Crippen LogP contribution in [-0.4, -0.2) is 61.0 Å². The van der Waals surface area contributed by atoms with Crippen molar-refractivity contribution in [1.29, 1.82) is 10.5 Å². The summed E-state index contributed by atoms with van der Waals surface area (Å²) in [6, 6.07) is 39.9. The third kappa shape index (κ3) is 8.93. The highest BCUT2D eigenvalue weighted by Crippen LogP contribution is 2.31. The van der Waals surface area contributed by atoms with Crippen molar-refractivity contribution in [1.82, 2.24) is 37.4 Å². The van der Waals surface area contributed by atoms with E-state index in [9.17, 15) is 34.8 Å². The van der Waals surface area contributed by atoms with Crippen molar-refractivity contribution in [3.63, 3.8) is 0 Å². The number of pyridine rings is 2. The van der Waals surface area contributed by atoms with Gasteiger partial charge in [-0.05, 0) is 90.6 Å². The fourth-order valence-corrected chi connectivity index (χ4v) is 9.95. The molecule has 6 aromatic heterocycles. The molecule has 0 unspecified atom stereocenters. The number of rotatable bonds is 13. The van der Waals surface area contributed by atoms with E-state index in [0.717, 1.165) is 49.6 Å². The maximum atomic E-state index is 14.1. The molecular formula is C56H50N10O6. The normalized spacial score (nSPS) is 12.1. The van der Waals surface area contributed by atoms with E-state index in [2.05, 4.69) is 39.7 Å². The number of hydrogen-bond acceptors (Lipinski definition) is 9. The second-order valence-electron chi connectivity index (χ2n) is 17.7. The highest BCUT2D eigenvalue weighted by atomic mass is 16.5. The third-order valence-electron chi connectivity index (χ3n) is 13.1. The van der Waals surface area contributed by atoms with Crippen molar-refractivity contribution in [3.05, 3.63) is 199 Å². The lowest BCUT2D eigenvalue weighted by molar-refractivity contribution is -0.143. The number of esters is 1. The molecule has 0 aliphatic heterocycles. The molecule has 0 bridgehead atoms. The molecule has 0 saturated carbocycles. The summed E-state index contributed by atoms with van der Waals surface area (Å²) in [6.07, 6.45) is 3.71. The average molecular weight is 959 g/mol. The van der Waals surface area contributed by atoms with Crippen LogP contribution < -0.4 is 11.4 Å². The number of aliphatic carboxylic acids is 1. The van der Waals surface area contributed by atoms with E-state index in [1.165, 1.54) is 9.13 Å². The van der Waals surface area contributed by atoms with E-state index in [-0.39, 0.29) is 48.8 Å². The Balaban J connectivity index is 0.000000178. The van der Waals surface area contributed by atoms with Crippen LogP contribution in [0.4, 0.5) is 0 Å². The fraction of sp³-hybridized carbons (Fsp3) is 0.214. The summed E-state index contributed by atoms with van der Waals surface area (Å²) in [4.78, 5) is 61.5. The molecule has 0 saturated heterocycles. The zero-order valence-corrected chi connectivity index (χ0v) is 40.4. The van der Waals surface area contributed by atoms with Gasteiger partial charge in [0.2, 0.25) is 0 Å². The number of carboxylic acids is 1. The van der Waals surface area contributed by atoms with E-state index in [1.54, 1.807) is 64.6 Å². The first kappa shape index (κ1) is 47.8. The number of aromatic nitrogens is 8. The molecule has 6 heterocycles. The lowest BCUT2D eigenvalue weighted by Crippen LogP contribution is -2.30. The maximum Gasteiger partial charge on any atom is 0.331 e. The van der Waals surface area contributed by atoms with Gasteiger partial charge in [-0.15, -0.1) is 0 Å². The van der Waals surface area contributed by atoms with E-state index in [4.69, 9.17) is 4.74 Å². The molecule has 4 aromatic carbocycles. The molecule has 16 nitrogen and oxygen atoms in total. The quantitative estimate of drug-likeness (QED) is 0.109. The van der Waals surface area contributed by atoms with Gasteiger partial charge < -0.3 is 19.0 Å². The van der Waals surface area contributed by atoms with Crippen LogP contribution in [0.2, 0.25) is 0 Å². The minimum Gasteiger partial charge on any atom is -0.481 e. The van der Waals surface area contributed by atoms with Crippen molar-refractivity contribution < 1.29 is 19.4 Å². The third-order valence-corrected chi connectivity index (χ3v) is 13.1. The van der Waals surface area contributed by atoms with Crippen LogP contribution in [0.3, 0.4) is 0 Å². The minimum absolute atomic E-state index is 0.0390. The number of hydrogen-bond donors (Lipinski definition) is 1. The molecule has 1 N–H and O–H groups in total. The molecule has 0 amide bonds. The number of carbonyl (C=O) groups is 2. The number of nitrogens with zero attached hydrogens (tertiary/aromatic N) is 10. The molecule has 16 heteroatoms. The van der Waals surface area contributed by atoms with E-state index < -0.39 is 24.0 Å². The summed E-state index contributed by atoms with van der Waals surface area (Å²) in [6.45, 7) is 6.70. The Morgan fingerprint density at radius 3 is 1.43 bits per heavy atom. The largest absolute Gasteiger partial charge is 0.481 e.